The monoisotopic (exact) mass is 360 g/mol. The van der Waals surface area contributed by atoms with Crippen LogP contribution in [0.3, 0.4) is 0 Å². The zero-order valence-electron chi connectivity index (χ0n) is 14.0. The molecule has 1 atom stereocenters. The number of thiocarbonyl (C=S) groups is 1. The van der Waals surface area contributed by atoms with Gasteiger partial charge in [-0.25, -0.2) is 4.39 Å². The third-order valence-corrected chi connectivity index (χ3v) is 4.48. The molecule has 0 saturated carbocycles. The molecule has 1 amide bonds. The Morgan fingerprint density at radius 1 is 1.40 bits per heavy atom. The van der Waals surface area contributed by atoms with Gasteiger partial charge in [-0.05, 0) is 32.1 Å². The standard InChI is InChI=1S/C17H17FN4O2S/c1-9-8-13(21-24-9)19-16(23)14-10(2)22(3)17(25)20-15(14)11-6-4-5-7-12(11)18/h4-8,15H,1-3H3,(H,20,25)(H,19,21,23)/t15-/m1/s1. The third-order valence-electron chi connectivity index (χ3n) is 4.08. The van der Waals surface area contributed by atoms with E-state index in [2.05, 4.69) is 15.8 Å². The number of anilines is 1. The fraction of sp³-hybridized carbons (Fsp3) is 0.235. The highest BCUT2D eigenvalue weighted by Gasteiger charge is 2.34. The van der Waals surface area contributed by atoms with Crippen LogP contribution in [0.1, 0.15) is 24.3 Å². The predicted octanol–water partition coefficient (Wildman–Crippen LogP) is 2.90. The van der Waals surface area contributed by atoms with Crippen LogP contribution in [0.5, 0.6) is 0 Å². The number of nitrogens with zero attached hydrogens (tertiary/aromatic N) is 2. The lowest BCUT2D eigenvalue weighted by atomic mass is 9.94. The van der Waals surface area contributed by atoms with E-state index in [1.165, 1.54) is 6.07 Å². The quantitative estimate of drug-likeness (QED) is 0.821. The van der Waals surface area contributed by atoms with Crippen LogP contribution in [0, 0.1) is 12.7 Å². The highest BCUT2D eigenvalue weighted by molar-refractivity contribution is 7.80. The van der Waals surface area contributed by atoms with Crippen molar-refractivity contribution in [3.05, 3.63) is 58.7 Å². The Kier molecular flexibility index (Phi) is 4.54. The second kappa shape index (κ2) is 6.64. The van der Waals surface area contributed by atoms with Crippen molar-refractivity contribution in [2.45, 2.75) is 19.9 Å². The van der Waals surface area contributed by atoms with E-state index in [0.29, 0.717) is 33.5 Å². The van der Waals surface area contributed by atoms with Crippen molar-refractivity contribution in [1.29, 1.82) is 0 Å². The van der Waals surface area contributed by atoms with E-state index in [1.807, 2.05) is 0 Å². The molecule has 2 N–H and O–H groups in total. The molecule has 1 aliphatic rings. The van der Waals surface area contributed by atoms with Crippen molar-refractivity contribution < 1.29 is 13.7 Å². The molecule has 0 unspecified atom stereocenters. The summed E-state index contributed by atoms with van der Waals surface area (Å²) < 4.78 is 19.3. The van der Waals surface area contributed by atoms with Crippen LogP contribution in [0.25, 0.3) is 0 Å². The molecule has 1 aromatic heterocycles. The lowest BCUT2D eigenvalue weighted by molar-refractivity contribution is -0.113. The number of aryl methyl sites for hydroxylation is 1. The Bertz CT molecular complexity index is 877. The Balaban J connectivity index is 2.02. The van der Waals surface area contributed by atoms with E-state index in [0.717, 1.165) is 0 Å². The molecule has 0 saturated heterocycles. The van der Waals surface area contributed by atoms with Crippen LogP contribution in [-0.4, -0.2) is 28.1 Å². The van der Waals surface area contributed by atoms with Crippen molar-refractivity contribution in [3.63, 3.8) is 0 Å². The molecule has 6 nitrogen and oxygen atoms in total. The molecule has 2 heterocycles. The van der Waals surface area contributed by atoms with Crippen LogP contribution in [-0.2, 0) is 4.79 Å². The molecular weight excluding hydrogens is 343 g/mol. The van der Waals surface area contributed by atoms with Gasteiger partial charge in [-0.3, -0.25) is 4.79 Å². The van der Waals surface area contributed by atoms with Gasteiger partial charge in [-0.15, -0.1) is 0 Å². The second-order valence-corrected chi connectivity index (χ2v) is 6.13. The number of aromatic nitrogens is 1. The Labute approximate surface area is 149 Å². The summed E-state index contributed by atoms with van der Waals surface area (Å²) in [5.74, 6) is 0.0567. The summed E-state index contributed by atoms with van der Waals surface area (Å²) in [5, 5.41) is 9.89. The van der Waals surface area contributed by atoms with Gasteiger partial charge >= 0.3 is 0 Å². The molecule has 0 aliphatic carbocycles. The number of halogens is 1. The first kappa shape index (κ1) is 17.1. The molecule has 0 spiro atoms. The maximum Gasteiger partial charge on any atom is 0.257 e. The summed E-state index contributed by atoms with van der Waals surface area (Å²) in [4.78, 5) is 14.5. The molecule has 2 aromatic rings. The van der Waals surface area contributed by atoms with Gasteiger partial charge in [-0.2, -0.15) is 0 Å². The van der Waals surface area contributed by atoms with Gasteiger partial charge < -0.3 is 20.1 Å². The molecule has 3 rings (SSSR count). The van der Waals surface area contributed by atoms with Crippen molar-refractivity contribution >= 4 is 29.1 Å². The molecule has 1 aliphatic heterocycles. The predicted molar refractivity (Wildman–Crippen MR) is 95.2 cm³/mol. The van der Waals surface area contributed by atoms with Gasteiger partial charge in [0.05, 0.1) is 11.6 Å². The van der Waals surface area contributed by atoms with Crippen molar-refractivity contribution in [1.82, 2.24) is 15.4 Å². The highest BCUT2D eigenvalue weighted by atomic mass is 32.1. The molecule has 25 heavy (non-hydrogen) atoms. The minimum Gasteiger partial charge on any atom is -0.360 e. The zero-order chi connectivity index (χ0) is 18.1. The third kappa shape index (κ3) is 3.25. The van der Waals surface area contributed by atoms with Crippen LogP contribution in [0.15, 0.2) is 46.1 Å². The van der Waals surface area contributed by atoms with Crippen molar-refractivity contribution in [2.24, 2.45) is 0 Å². The van der Waals surface area contributed by atoms with Gasteiger partial charge in [0, 0.05) is 24.4 Å². The first-order valence-corrected chi connectivity index (χ1v) is 8.03. The highest BCUT2D eigenvalue weighted by Crippen LogP contribution is 2.32. The van der Waals surface area contributed by atoms with Crippen LogP contribution in [0.4, 0.5) is 10.2 Å². The Morgan fingerprint density at radius 3 is 2.76 bits per heavy atom. The van der Waals surface area contributed by atoms with Crippen molar-refractivity contribution in [3.8, 4) is 0 Å². The largest absolute Gasteiger partial charge is 0.360 e. The fourth-order valence-electron chi connectivity index (χ4n) is 2.68. The van der Waals surface area contributed by atoms with Gasteiger partial charge in [0.15, 0.2) is 10.9 Å². The number of hydrogen-bond donors (Lipinski definition) is 2. The van der Waals surface area contributed by atoms with Gasteiger partial charge in [0.25, 0.3) is 5.91 Å². The number of hydrogen-bond acceptors (Lipinski definition) is 4. The number of carbonyl (C=O) groups excluding carboxylic acids is 1. The number of nitrogens with one attached hydrogen (secondary N) is 2. The maximum atomic E-state index is 14.3. The number of allylic oxidation sites excluding steroid dienone is 1. The van der Waals surface area contributed by atoms with Crippen LogP contribution in [0.2, 0.25) is 0 Å². The van der Waals surface area contributed by atoms with E-state index >= 15 is 0 Å². The Morgan fingerprint density at radius 2 is 2.12 bits per heavy atom. The van der Waals surface area contributed by atoms with Gasteiger partial charge in [-0.1, -0.05) is 23.4 Å². The van der Waals surface area contributed by atoms with Crippen LogP contribution < -0.4 is 10.6 Å². The van der Waals surface area contributed by atoms with Gasteiger partial charge in [0.2, 0.25) is 0 Å². The second-order valence-electron chi connectivity index (χ2n) is 5.74. The first-order valence-electron chi connectivity index (χ1n) is 7.62. The number of carbonyl (C=O) groups is 1. The lowest BCUT2D eigenvalue weighted by Crippen LogP contribution is -2.46. The molecule has 130 valence electrons. The fourth-order valence-corrected chi connectivity index (χ4v) is 2.94. The summed E-state index contributed by atoms with van der Waals surface area (Å²) in [6.45, 7) is 3.49. The van der Waals surface area contributed by atoms with E-state index in [9.17, 15) is 9.18 Å². The molecular formula is C17H17FN4O2S. The molecule has 0 radical (unpaired) electrons. The van der Waals surface area contributed by atoms with Crippen molar-refractivity contribution in [2.75, 3.05) is 12.4 Å². The topological polar surface area (TPSA) is 70.4 Å². The Hall–Kier alpha value is -2.74. The number of benzene rings is 1. The zero-order valence-corrected chi connectivity index (χ0v) is 14.8. The molecule has 0 bridgehead atoms. The first-order chi connectivity index (χ1) is 11.9. The van der Waals surface area contributed by atoms with E-state index in [-0.39, 0.29) is 0 Å². The minimum absolute atomic E-state index is 0.297. The molecule has 8 heteroatoms. The summed E-state index contributed by atoms with van der Waals surface area (Å²) in [6, 6.07) is 7.20. The average Bonchev–Trinajstić information content (AvgIpc) is 2.97. The number of amides is 1. The molecule has 0 fully saturated rings. The van der Waals surface area contributed by atoms with Crippen LogP contribution >= 0.6 is 12.2 Å². The van der Waals surface area contributed by atoms with E-state index in [1.54, 1.807) is 50.1 Å². The summed E-state index contributed by atoms with van der Waals surface area (Å²) in [7, 11) is 1.75. The van der Waals surface area contributed by atoms with Gasteiger partial charge in [0.1, 0.15) is 11.6 Å². The van der Waals surface area contributed by atoms with E-state index in [4.69, 9.17) is 16.7 Å². The SMILES string of the molecule is CC1=C(C(=O)Nc2cc(C)on2)[C@@H](c2ccccc2F)NC(=S)N1C. The normalized spacial score (nSPS) is 17.5. The lowest BCUT2D eigenvalue weighted by Gasteiger charge is -2.35. The number of rotatable bonds is 3. The average molecular weight is 360 g/mol. The minimum atomic E-state index is -0.696. The summed E-state index contributed by atoms with van der Waals surface area (Å²) >= 11 is 5.30. The van der Waals surface area contributed by atoms with E-state index < -0.39 is 17.8 Å². The summed E-state index contributed by atoms with van der Waals surface area (Å²) in [6.07, 6.45) is 0. The smallest absolute Gasteiger partial charge is 0.257 e. The summed E-state index contributed by atoms with van der Waals surface area (Å²) in [5.41, 5.74) is 1.34. The maximum absolute atomic E-state index is 14.3. The molecule has 1 aromatic carbocycles.